The van der Waals surface area contributed by atoms with Gasteiger partial charge in [0.15, 0.2) is 0 Å². The second-order valence-electron chi connectivity index (χ2n) is 7.99. The van der Waals surface area contributed by atoms with Crippen LogP contribution in [0, 0.1) is 0 Å². The summed E-state index contributed by atoms with van der Waals surface area (Å²) in [5.74, 6) is -12.0. The zero-order valence-corrected chi connectivity index (χ0v) is 25.5. The first-order valence-electron chi connectivity index (χ1n) is 11.6. The molecule has 256 valence electrons. The van der Waals surface area contributed by atoms with Gasteiger partial charge in [0.2, 0.25) is 23.0 Å². The first kappa shape index (κ1) is 45.0. The quantitative estimate of drug-likeness (QED) is 0.0563. The van der Waals surface area contributed by atoms with Crippen molar-refractivity contribution in [1.82, 2.24) is 0 Å². The molecule has 19 heteroatoms. The maximum atomic E-state index is 11.3. The first-order chi connectivity index (χ1) is 21.1. The molecule has 0 spiro atoms. The number of esters is 4. The standard InChI is InChI=1S/2C14H14O9.H2O/c2*1-7(2)11(15)19-9(5)13(17)21-23-22-14(18)10(6)20-12(16)8(3)4;/h2*1,3,5-6H2,2,4H3;1H2. The normalized spacial score (nSPS) is 8.94. The topological polar surface area (TPSA) is 260 Å². The van der Waals surface area contributed by atoms with Crippen LogP contribution in [-0.2, 0) is 86.9 Å². The van der Waals surface area contributed by atoms with E-state index in [0.29, 0.717) is 0 Å². The summed E-state index contributed by atoms with van der Waals surface area (Å²) in [6.07, 6.45) is 0. The van der Waals surface area contributed by atoms with Crippen LogP contribution in [0.4, 0.5) is 0 Å². The summed E-state index contributed by atoms with van der Waals surface area (Å²) in [6.45, 7) is 30.9. The lowest BCUT2D eigenvalue weighted by atomic mass is 10.4. The number of carbonyl (C=O) groups is 8. The molecule has 0 rings (SSSR count). The molecular formula is C28H30O19. The van der Waals surface area contributed by atoms with Gasteiger partial charge in [-0.3, -0.25) is 19.6 Å². The largest absolute Gasteiger partial charge is 0.416 e. The van der Waals surface area contributed by atoms with Crippen LogP contribution in [0.25, 0.3) is 0 Å². The lowest BCUT2D eigenvalue weighted by molar-refractivity contribution is -0.457. The summed E-state index contributed by atoms with van der Waals surface area (Å²) < 4.78 is 17.7. The van der Waals surface area contributed by atoms with Crippen molar-refractivity contribution >= 4 is 47.8 Å². The Morgan fingerprint density at radius 2 is 0.468 bits per heavy atom. The molecule has 47 heavy (non-hydrogen) atoms. The van der Waals surface area contributed by atoms with Crippen LogP contribution in [0.2, 0.25) is 0 Å². The van der Waals surface area contributed by atoms with Crippen LogP contribution in [0.1, 0.15) is 27.7 Å². The van der Waals surface area contributed by atoms with Crippen molar-refractivity contribution in [3.8, 4) is 0 Å². The van der Waals surface area contributed by atoms with E-state index in [2.05, 4.69) is 101 Å². The van der Waals surface area contributed by atoms with Crippen molar-refractivity contribution in [1.29, 1.82) is 0 Å². The van der Waals surface area contributed by atoms with E-state index in [0.717, 1.165) is 0 Å². The lowest BCUT2D eigenvalue weighted by Crippen LogP contribution is -2.18. The Kier molecular flexibility index (Phi) is 21.2. The highest BCUT2D eigenvalue weighted by Crippen LogP contribution is 2.07. The van der Waals surface area contributed by atoms with Crippen LogP contribution in [-0.4, -0.2) is 53.2 Å². The van der Waals surface area contributed by atoms with E-state index >= 15 is 0 Å². The molecular weight excluding hydrogens is 640 g/mol. The van der Waals surface area contributed by atoms with Crippen LogP contribution in [0.15, 0.2) is 98.0 Å². The molecule has 0 aromatic heterocycles. The molecule has 0 radical (unpaired) electrons. The van der Waals surface area contributed by atoms with Gasteiger partial charge in [-0.25, -0.2) is 38.4 Å². The molecule has 0 heterocycles. The molecule has 0 aromatic rings. The third kappa shape index (κ3) is 19.5. The van der Waals surface area contributed by atoms with E-state index in [1.807, 2.05) is 0 Å². The van der Waals surface area contributed by atoms with Gasteiger partial charge in [0.05, 0.1) is 0 Å². The van der Waals surface area contributed by atoms with Crippen molar-refractivity contribution in [3.63, 3.8) is 0 Å². The Labute approximate surface area is 266 Å². The van der Waals surface area contributed by atoms with Crippen LogP contribution in [0.3, 0.4) is 0 Å². The number of hydrogen-bond acceptors (Lipinski definition) is 18. The number of hydrogen-bond donors (Lipinski definition) is 0. The zero-order valence-electron chi connectivity index (χ0n) is 25.5. The SMILES string of the molecule is C=C(C)C(=O)OC(=C)C(=O)OOOC(=O)C(=C)OC(=O)C(=C)C.C=C(C)C(=O)OC(=C)C(=O)OOOC(=O)C(=C)OC(=O)C(=C)C.O. The van der Waals surface area contributed by atoms with Gasteiger partial charge in [-0.15, -0.1) is 0 Å². The molecule has 0 bridgehead atoms. The smallest absolute Gasteiger partial charge is 0.411 e. The predicted octanol–water partition coefficient (Wildman–Crippen LogP) is 1.55. The van der Waals surface area contributed by atoms with Gasteiger partial charge in [-0.1, -0.05) is 26.3 Å². The molecule has 0 aliphatic rings. The van der Waals surface area contributed by atoms with E-state index in [-0.39, 0.29) is 27.8 Å². The minimum atomic E-state index is -1.35. The van der Waals surface area contributed by atoms with Gasteiger partial charge in [0.1, 0.15) is 0 Å². The second-order valence-corrected chi connectivity index (χ2v) is 7.99. The highest BCUT2D eigenvalue weighted by atomic mass is 17.5. The second kappa shape index (κ2) is 22.1. The van der Waals surface area contributed by atoms with E-state index in [9.17, 15) is 38.4 Å². The third-order valence-electron chi connectivity index (χ3n) is 3.61. The minimum Gasteiger partial charge on any atom is -0.416 e. The molecule has 0 fully saturated rings. The molecule has 2 N–H and O–H groups in total. The van der Waals surface area contributed by atoms with Gasteiger partial charge >= 0.3 is 47.8 Å². The van der Waals surface area contributed by atoms with Crippen LogP contribution in [0.5, 0.6) is 0 Å². The molecule has 0 amide bonds. The average molecular weight is 671 g/mol. The van der Waals surface area contributed by atoms with Crippen molar-refractivity contribution in [3.05, 3.63) is 98.0 Å². The van der Waals surface area contributed by atoms with E-state index in [1.54, 1.807) is 0 Å². The van der Waals surface area contributed by atoms with Crippen molar-refractivity contribution in [2.24, 2.45) is 0 Å². The molecule has 0 saturated carbocycles. The molecule has 19 nitrogen and oxygen atoms in total. The van der Waals surface area contributed by atoms with Crippen molar-refractivity contribution < 1.29 is 92.4 Å². The number of carbonyl (C=O) groups excluding carboxylic acids is 8. The summed E-state index contributed by atoms with van der Waals surface area (Å²) in [4.78, 5) is 105. The van der Waals surface area contributed by atoms with E-state index in [1.165, 1.54) is 27.7 Å². The van der Waals surface area contributed by atoms with E-state index in [4.69, 9.17) is 0 Å². The van der Waals surface area contributed by atoms with Crippen LogP contribution >= 0.6 is 0 Å². The molecule has 0 aliphatic carbocycles. The summed E-state index contributed by atoms with van der Waals surface area (Å²) >= 11 is 0. The molecule has 0 atom stereocenters. The Hall–Kier alpha value is -6.44. The van der Waals surface area contributed by atoms with E-state index < -0.39 is 70.8 Å². The third-order valence-corrected chi connectivity index (χ3v) is 3.61. The van der Waals surface area contributed by atoms with Gasteiger partial charge in [-0.05, 0) is 54.0 Å². The monoisotopic (exact) mass is 670 g/mol. The van der Waals surface area contributed by atoms with Gasteiger partial charge in [-0.2, -0.15) is 0 Å². The molecule has 0 unspecified atom stereocenters. The Morgan fingerprint density at radius 1 is 0.319 bits per heavy atom. The fourth-order valence-corrected chi connectivity index (χ4v) is 1.31. The molecule has 0 aromatic carbocycles. The first-order valence-corrected chi connectivity index (χ1v) is 11.6. The summed E-state index contributed by atoms with van der Waals surface area (Å²) in [5.41, 5.74) is 0.0627. The van der Waals surface area contributed by atoms with Crippen molar-refractivity contribution in [2.75, 3.05) is 0 Å². The summed E-state index contributed by atoms with van der Waals surface area (Å²) in [7, 11) is 0. The van der Waals surface area contributed by atoms with Crippen molar-refractivity contribution in [2.45, 2.75) is 27.7 Å². The fourth-order valence-electron chi connectivity index (χ4n) is 1.31. The summed E-state index contributed by atoms with van der Waals surface area (Å²) in [6, 6.07) is 0. The molecule has 0 aliphatic heterocycles. The Bertz CT molecular complexity index is 1200. The highest BCUT2D eigenvalue weighted by molar-refractivity contribution is 5.96. The number of ether oxygens (including phenoxy) is 4. The van der Waals surface area contributed by atoms with Gasteiger partial charge < -0.3 is 24.4 Å². The predicted molar refractivity (Wildman–Crippen MR) is 150 cm³/mol. The lowest BCUT2D eigenvalue weighted by Gasteiger charge is -2.06. The summed E-state index contributed by atoms with van der Waals surface area (Å²) in [5, 5.41) is 7.67. The van der Waals surface area contributed by atoms with Gasteiger partial charge in [0.25, 0.3) is 0 Å². The fraction of sp³-hybridized carbons (Fsp3) is 0.143. The Balaban J connectivity index is -0.000000807. The maximum Gasteiger partial charge on any atom is 0.411 e. The zero-order chi connectivity index (χ0) is 36.3. The molecule has 0 saturated heterocycles. The van der Waals surface area contributed by atoms with Gasteiger partial charge in [0, 0.05) is 32.4 Å². The maximum absolute atomic E-state index is 11.3. The number of rotatable bonds is 16. The van der Waals surface area contributed by atoms with Crippen LogP contribution < -0.4 is 0 Å². The minimum absolute atomic E-state index is 0. The average Bonchev–Trinajstić information content (AvgIpc) is 2.96. The highest BCUT2D eigenvalue weighted by Gasteiger charge is 2.22. The Morgan fingerprint density at radius 3 is 0.596 bits per heavy atom.